The number of aliphatic carboxylic acids is 1. The molecule has 0 fully saturated rings. The fraction of sp³-hybridized carbons (Fsp3) is 0.0909. The second kappa shape index (κ2) is 4.32. The molecule has 1 N–H and O–H groups in total. The summed E-state index contributed by atoms with van der Waals surface area (Å²) in [5.41, 5.74) is 0.977. The molecular formula is C11H8F2N2O2. The lowest BCUT2D eigenvalue weighted by Crippen LogP contribution is -2.08. The number of carboxylic acids is 1. The van der Waals surface area contributed by atoms with Gasteiger partial charge in [0.05, 0.1) is 6.20 Å². The van der Waals surface area contributed by atoms with E-state index in [1.165, 1.54) is 23.1 Å². The van der Waals surface area contributed by atoms with Crippen LogP contribution in [0.25, 0.3) is 11.1 Å². The topological polar surface area (TPSA) is 55.1 Å². The molecule has 2 rings (SSSR count). The zero-order valence-corrected chi connectivity index (χ0v) is 8.60. The van der Waals surface area contributed by atoms with Crippen LogP contribution in [0, 0.1) is 11.6 Å². The summed E-state index contributed by atoms with van der Waals surface area (Å²) < 4.78 is 26.9. The fourth-order valence-electron chi connectivity index (χ4n) is 1.41. The molecule has 0 saturated carbocycles. The van der Waals surface area contributed by atoms with E-state index in [0.29, 0.717) is 11.1 Å². The van der Waals surface area contributed by atoms with Gasteiger partial charge in [-0.25, -0.2) is 8.78 Å². The minimum atomic E-state index is -1.02. The zero-order chi connectivity index (χ0) is 12.4. The van der Waals surface area contributed by atoms with E-state index in [9.17, 15) is 13.6 Å². The van der Waals surface area contributed by atoms with Crippen molar-refractivity contribution < 1.29 is 18.7 Å². The maximum Gasteiger partial charge on any atom is 0.325 e. The van der Waals surface area contributed by atoms with E-state index in [0.717, 1.165) is 12.1 Å². The number of benzene rings is 1. The summed E-state index contributed by atoms with van der Waals surface area (Å²) in [5, 5.41) is 12.4. The summed E-state index contributed by atoms with van der Waals surface area (Å²) in [6.07, 6.45) is 2.86. The summed E-state index contributed by atoms with van der Waals surface area (Å²) in [7, 11) is 0. The number of aromatic nitrogens is 2. The van der Waals surface area contributed by atoms with Gasteiger partial charge in [0.1, 0.15) is 6.54 Å². The van der Waals surface area contributed by atoms with Crippen LogP contribution >= 0.6 is 0 Å². The molecule has 0 amide bonds. The monoisotopic (exact) mass is 238 g/mol. The number of nitrogens with zero attached hydrogens (tertiary/aromatic N) is 2. The number of carboxylic acid groups (broad SMARTS) is 1. The predicted octanol–water partition coefficient (Wildman–Crippen LogP) is 1.91. The Balaban J connectivity index is 2.30. The minimum absolute atomic E-state index is 0.274. The van der Waals surface area contributed by atoms with Gasteiger partial charge < -0.3 is 5.11 Å². The molecular weight excluding hydrogens is 230 g/mol. The van der Waals surface area contributed by atoms with E-state index >= 15 is 0 Å². The Morgan fingerprint density at radius 1 is 1.29 bits per heavy atom. The highest BCUT2D eigenvalue weighted by Gasteiger charge is 2.07. The van der Waals surface area contributed by atoms with Crippen LogP contribution in [0.5, 0.6) is 0 Å². The van der Waals surface area contributed by atoms with Crippen LogP contribution in [0.15, 0.2) is 30.6 Å². The number of halogens is 2. The quantitative estimate of drug-likeness (QED) is 0.888. The van der Waals surface area contributed by atoms with Gasteiger partial charge in [0.2, 0.25) is 0 Å². The molecule has 0 saturated heterocycles. The van der Waals surface area contributed by atoms with Crippen LogP contribution in [0.4, 0.5) is 8.78 Å². The van der Waals surface area contributed by atoms with Gasteiger partial charge in [-0.3, -0.25) is 9.48 Å². The second-order valence-electron chi connectivity index (χ2n) is 3.45. The molecule has 0 atom stereocenters. The summed E-state index contributed by atoms with van der Waals surface area (Å²) in [4.78, 5) is 10.4. The van der Waals surface area contributed by atoms with E-state index in [1.54, 1.807) is 0 Å². The number of hydrogen-bond donors (Lipinski definition) is 1. The predicted molar refractivity (Wildman–Crippen MR) is 55.2 cm³/mol. The Morgan fingerprint density at radius 3 is 2.71 bits per heavy atom. The molecule has 0 radical (unpaired) electrons. The first-order chi connectivity index (χ1) is 8.06. The molecule has 1 aromatic carbocycles. The number of carbonyl (C=O) groups is 1. The van der Waals surface area contributed by atoms with Crippen LogP contribution in [-0.4, -0.2) is 20.9 Å². The molecule has 1 heterocycles. The summed E-state index contributed by atoms with van der Waals surface area (Å²) in [6, 6.07) is 3.46. The van der Waals surface area contributed by atoms with Crippen LogP contribution in [-0.2, 0) is 11.3 Å². The molecule has 1 aromatic heterocycles. The first kappa shape index (κ1) is 11.3. The average molecular weight is 238 g/mol. The van der Waals surface area contributed by atoms with Crippen molar-refractivity contribution in [2.24, 2.45) is 0 Å². The molecule has 0 bridgehead atoms. The summed E-state index contributed by atoms with van der Waals surface area (Å²) in [5.74, 6) is -2.90. The van der Waals surface area contributed by atoms with E-state index in [-0.39, 0.29) is 6.54 Å². The molecule has 88 valence electrons. The van der Waals surface area contributed by atoms with Crippen molar-refractivity contribution in [2.45, 2.75) is 6.54 Å². The Bertz CT molecular complexity index is 566. The molecule has 17 heavy (non-hydrogen) atoms. The third-order valence-corrected chi connectivity index (χ3v) is 2.18. The zero-order valence-electron chi connectivity index (χ0n) is 8.60. The highest BCUT2D eigenvalue weighted by Crippen LogP contribution is 2.20. The highest BCUT2D eigenvalue weighted by atomic mass is 19.2. The van der Waals surface area contributed by atoms with Crippen LogP contribution in [0.2, 0.25) is 0 Å². The van der Waals surface area contributed by atoms with Gasteiger partial charge in [-0.2, -0.15) is 5.10 Å². The normalized spacial score (nSPS) is 10.5. The van der Waals surface area contributed by atoms with E-state index < -0.39 is 17.6 Å². The molecule has 0 spiro atoms. The molecule has 0 aliphatic rings. The largest absolute Gasteiger partial charge is 0.480 e. The van der Waals surface area contributed by atoms with Gasteiger partial charge in [-0.1, -0.05) is 6.07 Å². The van der Waals surface area contributed by atoms with Gasteiger partial charge in [-0.05, 0) is 17.7 Å². The maximum atomic E-state index is 13.0. The lowest BCUT2D eigenvalue weighted by molar-refractivity contribution is -0.137. The Hall–Kier alpha value is -2.24. The van der Waals surface area contributed by atoms with Crippen LogP contribution < -0.4 is 0 Å². The Kier molecular flexibility index (Phi) is 2.86. The van der Waals surface area contributed by atoms with Crippen molar-refractivity contribution in [3.8, 4) is 11.1 Å². The standard InChI is InChI=1S/C11H8F2N2O2/c12-9-2-1-7(3-10(9)13)8-4-14-15(5-8)6-11(16)17/h1-5H,6H2,(H,16,17). The van der Waals surface area contributed by atoms with Gasteiger partial charge in [-0.15, -0.1) is 0 Å². The molecule has 0 unspecified atom stereocenters. The minimum Gasteiger partial charge on any atom is -0.480 e. The van der Waals surface area contributed by atoms with Crippen molar-refractivity contribution >= 4 is 5.97 Å². The van der Waals surface area contributed by atoms with Crippen LogP contribution in [0.1, 0.15) is 0 Å². The summed E-state index contributed by atoms with van der Waals surface area (Å²) >= 11 is 0. The third-order valence-electron chi connectivity index (χ3n) is 2.18. The fourth-order valence-corrected chi connectivity index (χ4v) is 1.41. The van der Waals surface area contributed by atoms with Crippen molar-refractivity contribution in [1.29, 1.82) is 0 Å². The van der Waals surface area contributed by atoms with Crippen molar-refractivity contribution in [2.75, 3.05) is 0 Å². The van der Waals surface area contributed by atoms with E-state index in [1.807, 2.05) is 0 Å². The van der Waals surface area contributed by atoms with Crippen molar-refractivity contribution in [3.63, 3.8) is 0 Å². The number of rotatable bonds is 3. The van der Waals surface area contributed by atoms with Gasteiger partial charge >= 0.3 is 5.97 Å². The van der Waals surface area contributed by atoms with E-state index in [4.69, 9.17) is 5.11 Å². The first-order valence-electron chi connectivity index (χ1n) is 4.76. The lowest BCUT2D eigenvalue weighted by atomic mass is 10.1. The Morgan fingerprint density at radius 2 is 2.06 bits per heavy atom. The van der Waals surface area contributed by atoms with Gasteiger partial charge in [0.15, 0.2) is 11.6 Å². The average Bonchev–Trinajstić information content (AvgIpc) is 2.69. The SMILES string of the molecule is O=C(O)Cn1cc(-c2ccc(F)c(F)c2)cn1. The van der Waals surface area contributed by atoms with Crippen molar-refractivity contribution in [1.82, 2.24) is 9.78 Å². The van der Waals surface area contributed by atoms with Gasteiger partial charge in [0.25, 0.3) is 0 Å². The molecule has 4 nitrogen and oxygen atoms in total. The molecule has 0 aliphatic heterocycles. The van der Waals surface area contributed by atoms with Gasteiger partial charge in [0, 0.05) is 11.8 Å². The number of hydrogen-bond acceptors (Lipinski definition) is 2. The molecule has 6 heteroatoms. The lowest BCUT2D eigenvalue weighted by Gasteiger charge is -1.98. The third kappa shape index (κ3) is 2.47. The van der Waals surface area contributed by atoms with Crippen LogP contribution in [0.3, 0.4) is 0 Å². The highest BCUT2D eigenvalue weighted by molar-refractivity contribution is 5.67. The summed E-state index contributed by atoms with van der Waals surface area (Å²) in [6.45, 7) is -0.274. The molecule has 2 aromatic rings. The smallest absolute Gasteiger partial charge is 0.325 e. The molecule has 0 aliphatic carbocycles. The second-order valence-corrected chi connectivity index (χ2v) is 3.45. The van der Waals surface area contributed by atoms with Crippen molar-refractivity contribution in [3.05, 3.63) is 42.2 Å². The first-order valence-corrected chi connectivity index (χ1v) is 4.76. The van der Waals surface area contributed by atoms with E-state index in [2.05, 4.69) is 5.10 Å². The maximum absolute atomic E-state index is 13.0. The Labute approximate surface area is 95.1 Å².